The van der Waals surface area contributed by atoms with E-state index in [1.54, 1.807) is 12.3 Å². The lowest BCUT2D eigenvalue weighted by molar-refractivity contribution is 0.0950. The van der Waals surface area contributed by atoms with E-state index < -0.39 is 0 Å². The minimum absolute atomic E-state index is 0.0797. The van der Waals surface area contributed by atoms with E-state index in [0.29, 0.717) is 5.69 Å². The van der Waals surface area contributed by atoms with Crippen LogP contribution in [0.2, 0.25) is 0 Å². The van der Waals surface area contributed by atoms with Gasteiger partial charge in [0.1, 0.15) is 0 Å². The largest absolute Gasteiger partial charge is 0.291 e. The summed E-state index contributed by atoms with van der Waals surface area (Å²) in [5, 5.41) is 10.8. The van der Waals surface area contributed by atoms with E-state index in [1.165, 1.54) is 0 Å². The molecule has 0 fully saturated rings. The molecular weight excluding hydrogens is 332 g/mol. The van der Waals surface area contributed by atoms with Crippen molar-refractivity contribution in [1.82, 2.24) is 15.6 Å². The van der Waals surface area contributed by atoms with Gasteiger partial charge in [0.25, 0.3) is 5.91 Å². The molecule has 0 spiro atoms. The molecule has 2 rings (SSSR count). The molecule has 0 bridgehead atoms. The van der Waals surface area contributed by atoms with E-state index in [9.17, 15) is 4.79 Å². The van der Waals surface area contributed by atoms with Crippen molar-refractivity contribution in [3.63, 3.8) is 0 Å². The summed E-state index contributed by atoms with van der Waals surface area (Å²) < 4.78 is 0.915. The maximum Gasteiger partial charge on any atom is 0.291 e. The summed E-state index contributed by atoms with van der Waals surface area (Å²) in [6.07, 6.45) is 1.58. The van der Waals surface area contributed by atoms with E-state index >= 15 is 0 Å². The number of H-pyrrole nitrogens is 1. The summed E-state index contributed by atoms with van der Waals surface area (Å²) in [7, 11) is 0. The molecule has 0 atom stereocenters. The van der Waals surface area contributed by atoms with Crippen LogP contribution < -0.4 is 5.43 Å². The first kappa shape index (κ1) is 15.4. The Kier molecular flexibility index (Phi) is 4.57. The van der Waals surface area contributed by atoms with Crippen LogP contribution in [0, 0.1) is 0 Å². The number of nitrogens with one attached hydrogen (secondary N) is 2. The minimum atomic E-state index is -0.343. The van der Waals surface area contributed by atoms with Gasteiger partial charge in [-0.1, -0.05) is 54.9 Å². The lowest BCUT2D eigenvalue weighted by Crippen LogP contribution is -2.18. The summed E-state index contributed by atoms with van der Waals surface area (Å²) in [6.45, 7) is 6.15. The molecule has 0 saturated carbocycles. The lowest BCUT2D eigenvalue weighted by atomic mass is 9.92. The highest BCUT2D eigenvalue weighted by molar-refractivity contribution is 9.10. The fraction of sp³-hybridized carbons (Fsp3) is 0.267. The molecule has 0 aliphatic rings. The Morgan fingerprint density at radius 1 is 1.38 bits per heavy atom. The summed E-state index contributed by atoms with van der Waals surface area (Å²) >= 11 is 3.41. The Morgan fingerprint density at radius 3 is 2.71 bits per heavy atom. The number of benzene rings is 1. The van der Waals surface area contributed by atoms with Crippen molar-refractivity contribution < 1.29 is 4.79 Å². The molecule has 5 nitrogen and oxygen atoms in total. The molecule has 0 unspecified atom stereocenters. The normalized spacial score (nSPS) is 11.8. The van der Waals surface area contributed by atoms with Crippen molar-refractivity contribution >= 4 is 28.1 Å². The van der Waals surface area contributed by atoms with Crippen LogP contribution in [-0.2, 0) is 5.41 Å². The summed E-state index contributed by atoms with van der Waals surface area (Å²) in [6, 6.07) is 9.36. The molecular formula is C15H17BrN4O. The van der Waals surface area contributed by atoms with E-state index in [4.69, 9.17) is 0 Å². The first-order valence-electron chi connectivity index (χ1n) is 6.52. The zero-order valence-electron chi connectivity index (χ0n) is 12.1. The molecule has 1 amide bonds. The topological polar surface area (TPSA) is 70.1 Å². The summed E-state index contributed by atoms with van der Waals surface area (Å²) in [5.74, 6) is -0.343. The van der Waals surface area contributed by atoms with Crippen molar-refractivity contribution in [3.05, 3.63) is 51.8 Å². The van der Waals surface area contributed by atoms with Crippen molar-refractivity contribution in [3.8, 4) is 0 Å². The predicted molar refractivity (Wildman–Crippen MR) is 86.5 cm³/mol. The summed E-state index contributed by atoms with van der Waals surface area (Å²) in [5.41, 5.74) is 4.50. The molecule has 1 aromatic heterocycles. The maximum atomic E-state index is 11.9. The quantitative estimate of drug-likeness (QED) is 0.660. The van der Waals surface area contributed by atoms with Gasteiger partial charge in [-0.05, 0) is 12.1 Å². The third kappa shape index (κ3) is 4.01. The zero-order valence-corrected chi connectivity index (χ0v) is 13.7. The van der Waals surface area contributed by atoms with Crippen LogP contribution in [0.3, 0.4) is 0 Å². The first-order chi connectivity index (χ1) is 9.88. The van der Waals surface area contributed by atoms with E-state index in [0.717, 1.165) is 15.7 Å². The molecule has 2 aromatic rings. The Balaban J connectivity index is 2.02. The van der Waals surface area contributed by atoms with Gasteiger partial charge >= 0.3 is 0 Å². The smallest absolute Gasteiger partial charge is 0.281 e. The van der Waals surface area contributed by atoms with Gasteiger partial charge in [-0.25, -0.2) is 5.43 Å². The molecule has 110 valence electrons. The summed E-state index contributed by atoms with van der Waals surface area (Å²) in [4.78, 5) is 11.9. The number of halogens is 1. The number of carbonyl (C=O) groups is 1. The van der Waals surface area contributed by atoms with Crippen LogP contribution in [0.4, 0.5) is 0 Å². The first-order valence-corrected chi connectivity index (χ1v) is 7.31. The third-order valence-electron chi connectivity index (χ3n) is 2.89. The van der Waals surface area contributed by atoms with Gasteiger partial charge in [-0.2, -0.15) is 10.2 Å². The van der Waals surface area contributed by atoms with Crippen molar-refractivity contribution in [2.24, 2.45) is 5.10 Å². The molecule has 1 heterocycles. The van der Waals surface area contributed by atoms with Crippen molar-refractivity contribution in [2.75, 3.05) is 0 Å². The number of aromatic nitrogens is 2. The number of aromatic amines is 1. The van der Waals surface area contributed by atoms with E-state index in [1.807, 2.05) is 45.0 Å². The van der Waals surface area contributed by atoms with Crippen molar-refractivity contribution in [2.45, 2.75) is 26.2 Å². The van der Waals surface area contributed by atoms with Gasteiger partial charge in [0, 0.05) is 21.1 Å². The van der Waals surface area contributed by atoms with Crippen LogP contribution in [0.15, 0.2) is 39.9 Å². The number of hydrazone groups is 1. The second kappa shape index (κ2) is 6.22. The van der Waals surface area contributed by atoms with Crippen LogP contribution >= 0.6 is 15.9 Å². The highest BCUT2D eigenvalue weighted by Gasteiger charge is 2.19. The Morgan fingerprint density at radius 2 is 2.10 bits per heavy atom. The number of hydrogen-bond acceptors (Lipinski definition) is 3. The van der Waals surface area contributed by atoms with E-state index in [-0.39, 0.29) is 11.3 Å². The van der Waals surface area contributed by atoms with Gasteiger partial charge in [-0.3, -0.25) is 9.89 Å². The lowest BCUT2D eigenvalue weighted by Gasteiger charge is -2.14. The van der Waals surface area contributed by atoms with Gasteiger partial charge in [0.05, 0.1) is 6.21 Å². The molecule has 0 aliphatic heterocycles. The molecule has 6 heteroatoms. The molecule has 2 N–H and O–H groups in total. The Hall–Kier alpha value is -1.95. The second-order valence-corrected chi connectivity index (χ2v) is 6.49. The van der Waals surface area contributed by atoms with Gasteiger partial charge < -0.3 is 0 Å². The molecule has 0 aliphatic carbocycles. The number of amides is 1. The number of nitrogens with zero attached hydrogens (tertiary/aromatic N) is 2. The number of rotatable bonds is 3. The van der Waals surface area contributed by atoms with Crippen molar-refractivity contribution in [1.29, 1.82) is 0 Å². The maximum absolute atomic E-state index is 11.9. The predicted octanol–water partition coefficient (Wildman–Crippen LogP) is 3.23. The standard InChI is InChI=1S/C15H17BrN4O/c1-15(2,3)13-8-12(18-19-13)14(21)20-17-9-10-6-4-5-7-11(10)16/h4-9H,1-3H3,(H,18,19)(H,20,21)/b17-9+. The van der Waals surface area contributed by atoms with Gasteiger partial charge in [0.15, 0.2) is 5.69 Å². The number of hydrogen-bond donors (Lipinski definition) is 2. The van der Waals surface area contributed by atoms with Crippen LogP contribution in [-0.4, -0.2) is 22.3 Å². The Labute approximate surface area is 132 Å². The van der Waals surface area contributed by atoms with Gasteiger partial charge in [-0.15, -0.1) is 0 Å². The fourth-order valence-electron chi connectivity index (χ4n) is 1.62. The highest BCUT2D eigenvalue weighted by Crippen LogP contribution is 2.20. The second-order valence-electron chi connectivity index (χ2n) is 5.64. The molecule has 0 radical (unpaired) electrons. The fourth-order valence-corrected chi connectivity index (χ4v) is 2.01. The average Bonchev–Trinajstić information content (AvgIpc) is 2.90. The van der Waals surface area contributed by atoms with Crippen LogP contribution in [0.25, 0.3) is 0 Å². The SMILES string of the molecule is CC(C)(C)c1cc(C(=O)N/N=C/c2ccccc2Br)n[nH]1. The average molecular weight is 349 g/mol. The zero-order chi connectivity index (χ0) is 15.5. The Bertz CT molecular complexity index is 670. The molecule has 0 saturated heterocycles. The van der Waals surface area contributed by atoms with Gasteiger partial charge in [0.2, 0.25) is 0 Å². The molecule has 1 aromatic carbocycles. The highest BCUT2D eigenvalue weighted by atomic mass is 79.9. The number of carbonyl (C=O) groups excluding carboxylic acids is 1. The van der Waals surface area contributed by atoms with Crippen LogP contribution in [0.1, 0.15) is 42.5 Å². The molecule has 21 heavy (non-hydrogen) atoms. The van der Waals surface area contributed by atoms with Crippen LogP contribution in [0.5, 0.6) is 0 Å². The minimum Gasteiger partial charge on any atom is -0.281 e. The third-order valence-corrected chi connectivity index (χ3v) is 3.62. The monoisotopic (exact) mass is 348 g/mol. The van der Waals surface area contributed by atoms with E-state index in [2.05, 4.69) is 36.7 Å².